The van der Waals surface area contributed by atoms with E-state index >= 15 is 0 Å². The third-order valence-corrected chi connectivity index (χ3v) is 4.13. The number of nitrogens with two attached hydrogens (primary N) is 1. The van der Waals surface area contributed by atoms with Crippen molar-refractivity contribution in [1.82, 2.24) is 19.1 Å². The zero-order valence-corrected chi connectivity index (χ0v) is 13.4. The van der Waals surface area contributed by atoms with Crippen molar-refractivity contribution in [1.29, 1.82) is 0 Å². The van der Waals surface area contributed by atoms with Gasteiger partial charge in [-0.1, -0.05) is 12.2 Å². The van der Waals surface area contributed by atoms with Crippen molar-refractivity contribution >= 4 is 17.1 Å². The molecule has 0 spiro atoms. The first kappa shape index (κ1) is 17.4. The number of fused-ring (bicyclic) bond motifs is 1. The molecule has 1 aliphatic heterocycles. The van der Waals surface area contributed by atoms with Crippen molar-refractivity contribution in [3.63, 3.8) is 0 Å². The highest BCUT2D eigenvalue weighted by Crippen LogP contribution is 2.30. The summed E-state index contributed by atoms with van der Waals surface area (Å²) in [6.45, 7) is 1.32. The average Bonchev–Trinajstić information content (AvgIpc) is 3.00. The summed E-state index contributed by atoms with van der Waals surface area (Å²) in [5, 5.41) is 29.4. The van der Waals surface area contributed by atoms with Crippen LogP contribution < -0.4 is 17.0 Å². The third kappa shape index (κ3) is 2.66. The van der Waals surface area contributed by atoms with Crippen molar-refractivity contribution in [2.75, 3.05) is 12.3 Å². The second-order valence-electron chi connectivity index (χ2n) is 5.68. The molecular formula is C14H19N5O6. The number of aromatic amines is 1. The van der Waals surface area contributed by atoms with Crippen molar-refractivity contribution < 1.29 is 20.1 Å². The maximum absolute atomic E-state index is 12.8. The Morgan fingerprint density at radius 2 is 2.08 bits per heavy atom. The fourth-order valence-corrected chi connectivity index (χ4v) is 2.90. The number of aliphatic hydroxyl groups is 3. The van der Waals surface area contributed by atoms with Gasteiger partial charge in [0.2, 0.25) is 5.95 Å². The van der Waals surface area contributed by atoms with Crippen molar-refractivity contribution in [3.8, 4) is 0 Å². The molecule has 11 nitrogen and oxygen atoms in total. The lowest BCUT2D eigenvalue weighted by molar-refractivity contribution is -0.0527. The van der Waals surface area contributed by atoms with Gasteiger partial charge in [0.05, 0.1) is 6.61 Å². The highest BCUT2D eigenvalue weighted by molar-refractivity contribution is 5.71. The van der Waals surface area contributed by atoms with Crippen LogP contribution in [0.25, 0.3) is 11.2 Å². The predicted molar refractivity (Wildman–Crippen MR) is 86.8 cm³/mol. The van der Waals surface area contributed by atoms with Crippen LogP contribution in [-0.2, 0) is 11.3 Å². The first-order chi connectivity index (χ1) is 11.9. The highest BCUT2D eigenvalue weighted by Gasteiger charge is 2.45. The molecule has 0 aromatic carbocycles. The third-order valence-electron chi connectivity index (χ3n) is 4.13. The van der Waals surface area contributed by atoms with E-state index in [1.54, 1.807) is 19.1 Å². The van der Waals surface area contributed by atoms with Gasteiger partial charge in [-0.25, -0.2) is 9.36 Å². The number of aliphatic hydroxyl groups excluding tert-OH is 3. The quantitative estimate of drug-likeness (QED) is 0.381. The molecule has 11 heteroatoms. The fourth-order valence-electron chi connectivity index (χ4n) is 2.90. The van der Waals surface area contributed by atoms with Crippen LogP contribution in [0, 0.1) is 0 Å². The van der Waals surface area contributed by atoms with E-state index in [0.29, 0.717) is 0 Å². The lowest BCUT2D eigenvalue weighted by Gasteiger charge is -2.15. The summed E-state index contributed by atoms with van der Waals surface area (Å²) in [6, 6.07) is 0. The van der Waals surface area contributed by atoms with E-state index in [9.17, 15) is 24.9 Å². The average molecular weight is 353 g/mol. The Hall–Kier alpha value is -2.47. The monoisotopic (exact) mass is 353 g/mol. The van der Waals surface area contributed by atoms with Crippen LogP contribution >= 0.6 is 0 Å². The lowest BCUT2D eigenvalue weighted by Crippen LogP contribution is -2.36. The minimum atomic E-state index is -1.49. The Bertz CT molecular complexity index is 928. The van der Waals surface area contributed by atoms with Gasteiger partial charge in [0.25, 0.3) is 5.56 Å². The number of anilines is 1. The Morgan fingerprint density at radius 3 is 2.68 bits per heavy atom. The number of hydrogen-bond donors (Lipinski definition) is 5. The molecule has 0 radical (unpaired) electrons. The minimum absolute atomic E-state index is 0.0324. The van der Waals surface area contributed by atoms with E-state index in [2.05, 4.69) is 9.97 Å². The Labute approximate surface area is 140 Å². The number of nitrogens with zero attached hydrogens (tertiary/aromatic N) is 3. The van der Waals surface area contributed by atoms with Crippen molar-refractivity contribution in [2.45, 2.75) is 38.0 Å². The molecular weight excluding hydrogens is 334 g/mol. The standard InChI is InChI=1S/C14H19N5O6/c1-2-3-4-18-7-10(16-13(15)17-11(7)23)19(14(18)24)12-9(22)8(21)6(5-20)25-12/h2-3,6,8-9,12,20-22H,4-5H2,1H3,(H3,15,16,17,23)/b3-2+/t6-,8?,9+,12-/m1/s1. The number of hydrogen-bond acceptors (Lipinski definition) is 8. The number of nitrogen functional groups attached to an aromatic ring is 1. The van der Waals surface area contributed by atoms with Gasteiger partial charge in [0.1, 0.15) is 18.3 Å². The zero-order chi connectivity index (χ0) is 18.3. The topological polar surface area (TPSA) is 169 Å². The first-order valence-electron chi connectivity index (χ1n) is 7.64. The van der Waals surface area contributed by atoms with Crippen LogP contribution in [-0.4, -0.2) is 59.3 Å². The number of H-pyrrole nitrogens is 1. The maximum Gasteiger partial charge on any atom is 0.333 e. The van der Waals surface area contributed by atoms with E-state index in [1.807, 2.05) is 0 Å². The molecule has 25 heavy (non-hydrogen) atoms. The molecule has 3 heterocycles. The first-order valence-corrected chi connectivity index (χ1v) is 7.64. The van der Waals surface area contributed by atoms with E-state index in [-0.39, 0.29) is 23.7 Å². The van der Waals surface area contributed by atoms with Crippen LogP contribution in [0.5, 0.6) is 0 Å². The number of imidazole rings is 1. The summed E-state index contributed by atoms with van der Waals surface area (Å²) >= 11 is 0. The minimum Gasteiger partial charge on any atom is -0.394 e. The Morgan fingerprint density at radius 1 is 1.36 bits per heavy atom. The molecule has 1 saturated heterocycles. The molecule has 0 aliphatic carbocycles. The van der Waals surface area contributed by atoms with Crippen LogP contribution in [0.4, 0.5) is 5.95 Å². The molecule has 0 amide bonds. The van der Waals surface area contributed by atoms with Crippen molar-refractivity contribution in [2.24, 2.45) is 0 Å². The number of allylic oxidation sites excluding steroid dienone is 2. The van der Waals surface area contributed by atoms with Gasteiger partial charge in [0, 0.05) is 6.54 Å². The van der Waals surface area contributed by atoms with Crippen LogP contribution in [0.15, 0.2) is 21.7 Å². The molecule has 1 aliphatic rings. The summed E-state index contributed by atoms with van der Waals surface area (Å²) in [6.07, 6.45) is -1.89. The van der Waals surface area contributed by atoms with E-state index in [1.165, 1.54) is 0 Å². The largest absolute Gasteiger partial charge is 0.394 e. The van der Waals surface area contributed by atoms with Crippen molar-refractivity contribution in [3.05, 3.63) is 33.0 Å². The smallest absolute Gasteiger partial charge is 0.333 e. The van der Waals surface area contributed by atoms with Gasteiger partial charge in [-0.05, 0) is 6.92 Å². The predicted octanol–water partition coefficient (Wildman–Crippen LogP) is -2.34. The summed E-state index contributed by atoms with van der Waals surface area (Å²) in [5.74, 6) is -0.207. The zero-order valence-electron chi connectivity index (χ0n) is 13.4. The molecule has 1 unspecified atom stereocenters. The van der Waals surface area contributed by atoms with E-state index in [0.717, 1.165) is 9.13 Å². The molecule has 2 aromatic heterocycles. The number of ether oxygens (including phenoxy) is 1. The number of aromatic nitrogens is 4. The molecule has 1 fully saturated rings. The number of nitrogens with one attached hydrogen (secondary N) is 1. The van der Waals surface area contributed by atoms with Gasteiger partial charge in [-0.3, -0.25) is 14.3 Å². The second-order valence-corrected chi connectivity index (χ2v) is 5.68. The Balaban J connectivity index is 2.27. The van der Waals surface area contributed by atoms with Crippen LogP contribution in [0.3, 0.4) is 0 Å². The maximum atomic E-state index is 12.8. The summed E-state index contributed by atoms with van der Waals surface area (Å²) in [4.78, 5) is 31.4. The van der Waals surface area contributed by atoms with E-state index < -0.39 is 42.4 Å². The molecule has 4 atom stereocenters. The molecule has 2 aromatic rings. The number of rotatable bonds is 4. The molecule has 0 saturated carbocycles. The highest BCUT2D eigenvalue weighted by atomic mass is 16.6. The van der Waals surface area contributed by atoms with Gasteiger partial charge in [0.15, 0.2) is 17.4 Å². The fraction of sp³-hybridized carbons (Fsp3) is 0.500. The van der Waals surface area contributed by atoms with Gasteiger partial charge >= 0.3 is 5.69 Å². The SMILES string of the molecule is C/C=C/Cn1c(=O)n([C@@H]2O[C@H](CO)C(O)[C@@H]2O)c2nc(N)[nH]c(=O)c21. The summed E-state index contributed by atoms with van der Waals surface area (Å²) in [5.41, 5.74) is 4.18. The molecule has 3 rings (SSSR count). The lowest BCUT2D eigenvalue weighted by atomic mass is 10.1. The summed E-state index contributed by atoms with van der Waals surface area (Å²) in [7, 11) is 0. The van der Waals surface area contributed by atoms with Crippen LogP contribution in [0.2, 0.25) is 0 Å². The van der Waals surface area contributed by atoms with Gasteiger partial charge in [-0.2, -0.15) is 4.98 Å². The van der Waals surface area contributed by atoms with Gasteiger partial charge in [-0.15, -0.1) is 0 Å². The molecule has 0 bridgehead atoms. The summed E-state index contributed by atoms with van der Waals surface area (Å²) < 4.78 is 7.52. The Kier molecular flexibility index (Phi) is 4.47. The van der Waals surface area contributed by atoms with Gasteiger partial charge < -0.3 is 25.8 Å². The molecule has 136 valence electrons. The van der Waals surface area contributed by atoms with Crippen LogP contribution in [0.1, 0.15) is 13.2 Å². The normalized spacial score (nSPS) is 26.9. The second kappa shape index (κ2) is 6.44. The molecule has 6 N–H and O–H groups in total. The van der Waals surface area contributed by atoms with E-state index in [4.69, 9.17) is 10.5 Å².